The van der Waals surface area contributed by atoms with Crippen LogP contribution in [0, 0.1) is 5.41 Å². The maximum atomic E-state index is 12.5. The molecule has 0 aromatic heterocycles. The highest BCUT2D eigenvalue weighted by molar-refractivity contribution is 5.82. The molecule has 1 amide bonds. The van der Waals surface area contributed by atoms with Crippen molar-refractivity contribution in [2.45, 2.75) is 65.5 Å². The van der Waals surface area contributed by atoms with E-state index in [0.717, 1.165) is 24.9 Å². The molecule has 4 heteroatoms. The molecule has 0 bridgehead atoms. The molecule has 1 aliphatic rings. The van der Waals surface area contributed by atoms with Gasteiger partial charge < -0.3 is 11.1 Å². The summed E-state index contributed by atoms with van der Waals surface area (Å²) >= 11 is 0. The molecule has 0 aliphatic carbocycles. The molecule has 2 rings (SSSR count). The summed E-state index contributed by atoms with van der Waals surface area (Å²) in [5.74, 6) is 0.0774. The molecule has 140 valence electrons. The Kier molecular flexibility index (Phi) is 7.91. The lowest BCUT2D eigenvalue weighted by atomic mass is 9.81. The fraction of sp³-hybridized carbons (Fsp3) is 0.667. The zero-order chi connectivity index (χ0) is 18.1. The van der Waals surface area contributed by atoms with E-state index < -0.39 is 5.41 Å². The number of hydrogen-bond acceptors (Lipinski definition) is 3. The average molecular weight is 346 g/mol. The minimum absolute atomic E-state index is 0.0774. The third kappa shape index (κ3) is 5.55. The molecule has 1 saturated heterocycles. The second-order valence-corrected chi connectivity index (χ2v) is 7.38. The van der Waals surface area contributed by atoms with Crippen LogP contribution in [0.4, 0.5) is 0 Å². The van der Waals surface area contributed by atoms with Gasteiger partial charge in [0.1, 0.15) is 0 Å². The van der Waals surface area contributed by atoms with Gasteiger partial charge in [-0.1, -0.05) is 51.0 Å². The van der Waals surface area contributed by atoms with Crippen molar-refractivity contribution in [1.29, 1.82) is 0 Å². The minimum Gasteiger partial charge on any atom is -0.352 e. The number of carbonyl (C=O) groups is 1. The first kappa shape index (κ1) is 19.9. The number of nitrogens with two attached hydrogens (primary N) is 1. The van der Waals surface area contributed by atoms with Gasteiger partial charge in [-0.05, 0) is 49.9 Å². The van der Waals surface area contributed by atoms with Gasteiger partial charge >= 0.3 is 0 Å². The van der Waals surface area contributed by atoms with Crippen LogP contribution in [0.1, 0.15) is 63.5 Å². The number of hydrogen-bond donors (Lipinski definition) is 2. The van der Waals surface area contributed by atoms with E-state index in [1.54, 1.807) is 0 Å². The van der Waals surface area contributed by atoms with Crippen LogP contribution in [-0.4, -0.2) is 30.4 Å². The van der Waals surface area contributed by atoms with Crippen molar-refractivity contribution in [2.24, 2.45) is 11.1 Å². The fourth-order valence-electron chi connectivity index (χ4n) is 3.64. The largest absolute Gasteiger partial charge is 0.352 e. The molecular formula is C21H35N3O. The molecule has 0 radical (unpaired) electrons. The molecule has 0 spiro atoms. The monoisotopic (exact) mass is 345 g/mol. The van der Waals surface area contributed by atoms with Gasteiger partial charge in [-0.15, -0.1) is 0 Å². The second kappa shape index (κ2) is 9.93. The quantitative estimate of drug-likeness (QED) is 0.759. The van der Waals surface area contributed by atoms with Gasteiger partial charge in [-0.2, -0.15) is 0 Å². The van der Waals surface area contributed by atoms with Crippen LogP contribution in [0.2, 0.25) is 0 Å². The van der Waals surface area contributed by atoms with Gasteiger partial charge in [0.25, 0.3) is 0 Å². The predicted octanol–water partition coefficient (Wildman–Crippen LogP) is 3.44. The van der Waals surface area contributed by atoms with Gasteiger partial charge in [-0.3, -0.25) is 9.69 Å². The maximum Gasteiger partial charge on any atom is 0.227 e. The van der Waals surface area contributed by atoms with E-state index in [1.165, 1.54) is 44.3 Å². The molecule has 0 unspecified atom stereocenters. The number of amides is 1. The zero-order valence-corrected chi connectivity index (χ0v) is 16.0. The van der Waals surface area contributed by atoms with Crippen LogP contribution in [0.5, 0.6) is 0 Å². The molecule has 1 heterocycles. The number of nitrogens with one attached hydrogen (secondary N) is 1. The Labute approximate surface area is 153 Å². The number of carbonyl (C=O) groups excluding carboxylic acids is 1. The Morgan fingerprint density at radius 1 is 1.04 bits per heavy atom. The van der Waals surface area contributed by atoms with Crippen molar-refractivity contribution < 1.29 is 4.79 Å². The van der Waals surface area contributed by atoms with Crippen molar-refractivity contribution >= 4 is 5.91 Å². The number of benzene rings is 1. The van der Waals surface area contributed by atoms with E-state index in [-0.39, 0.29) is 5.91 Å². The van der Waals surface area contributed by atoms with Gasteiger partial charge in [-0.25, -0.2) is 0 Å². The first-order valence-electron chi connectivity index (χ1n) is 9.92. The van der Waals surface area contributed by atoms with E-state index in [2.05, 4.69) is 34.5 Å². The van der Waals surface area contributed by atoms with E-state index >= 15 is 0 Å². The Morgan fingerprint density at radius 2 is 1.60 bits per heavy atom. The molecule has 1 aliphatic heterocycles. The van der Waals surface area contributed by atoms with Gasteiger partial charge in [0.05, 0.1) is 5.41 Å². The standard InChI is InChI=1S/C21H35N3O/c1-3-21(4-2,17-22)20(25)23-15-18-9-11-19(12-10-18)16-24-13-7-5-6-8-14-24/h9-12H,3-8,13-17,22H2,1-2H3,(H,23,25). The third-order valence-corrected chi connectivity index (χ3v) is 5.81. The first-order valence-corrected chi connectivity index (χ1v) is 9.92. The second-order valence-electron chi connectivity index (χ2n) is 7.38. The van der Waals surface area contributed by atoms with E-state index in [1.807, 2.05) is 13.8 Å². The first-order chi connectivity index (χ1) is 12.1. The summed E-state index contributed by atoms with van der Waals surface area (Å²) in [4.78, 5) is 15.1. The summed E-state index contributed by atoms with van der Waals surface area (Å²) in [7, 11) is 0. The SMILES string of the molecule is CCC(CC)(CN)C(=O)NCc1ccc(CN2CCCCCC2)cc1. The fourth-order valence-corrected chi connectivity index (χ4v) is 3.64. The Bertz CT molecular complexity index is 506. The summed E-state index contributed by atoms with van der Waals surface area (Å²) in [5, 5.41) is 3.07. The van der Waals surface area contributed by atoms with E-state index in [0.29, 0.717) is 13.1 Å². The number of nitrogens with zero attached hydrogens (tertiary/aromatic N) is 1. The zero-order valence-electron chi connectivity index (χ0n) is 16.0. The van der Waals surface area contributed by atoms with Gasteiger partial charge in [0, 0.05) is 19.6 Å². The van der Waals surface area contributed by atoms with Crippen molar-refractivity contribution in [2.75, 3.05) is 19.6 Å². The van der Waals surface area contributed by atoms with Crippen LogP contribution in [-0.2, 0) is 17.9 Å². The van der Waals surface area contributed by atoms with E-state index in [4.69, 9.17) is 5.73 Å². The molecule has 0 atom stereocenters. The minimum atomic E-state index is -0.424. The lowest BCUT2D eigenvalue weighted by molar-refractivity contribution is -0.131. The average Bonchev–Trinajstić information content (AvgIpc) is 2.92. The van der Waals surface area contributed by atoms with Gasteiger partial charge in [0.2, 0.25) is 5.91 Å². The van der Waals surface area contributed by atoms with Crippen LogP contribution in [0.3, 0.4) is 0 Å². The van der Waals surface area contributed by atoms with Crippen molar-refractivity contribution in [3.05, 3.63) is 35.4 Å². The third-order valence-electron chi connectivity index (χ3n) is 5.81. The number of rotatable bonds is 8. The van der Waals surface area contributed by atoms with Crippen molar-refractivity contribution in [1.82, 2.24) is 10.2 Å². The smallest absolute Gasteiger partial charge is 0.227 e. The van der Waals surface area contributed by atoms with Crippen LogP contribution in [0.25, 0.3) is 0 Å². The number of likely N-dealkylation sites (tertiary alicyclic amines) is 1. The van der Waals surface area contributed by atoms with Crippen LogP contribution < -0.4 is 11.1 Å². The van der Waals surface area contributed by atoms with E-state index in [9.17, 15) is 4.79 Å². The van der Waals surface area contributed by atoms with Gasteiger partial charge in [0.15, 0.2) is 0 Å². The molecule has 3 N–H and O–H groups in total. The molecule has 25 heavy (non-hydrogen) atoms. The molecule has 1 aromatic rings. The molecule has 0 saturated carbocycles. The topological polar surface area (TPSA) is 58.4 Å². The van der Waals surface area contributed by atoms with Crippen molar-refractivity contribution in [3.63, 3.8) is 0 Å². The Morgan fingerprint density at radius 3 is 2.12 bits per heavy atom. The highest BCUT2D eigenvalue weighted by Gasteiger charge is 2.32. The summed E-state index contributed by atoms with van der Waals surface area (Å²) in [6, 6.07) is 8.66. The Balaban J connectivity index is 1.86. The summed E-state index contributed by atoms with van der Waals surface area (Å²) in [6.45, 7) is 8.51. The Hall–Kier alpha value is -1.39. The lowest BCUT2D eigenvalue weighted by Crippen LogP contribution is -2.45. The lowest BCUT2D eigenvalue weighted by Gasteiger charge is -2.28. The van der Waals surface area contributed by atoms with Crippen molar-refractivity contribution in [3.8, 4) is 0 Å². The highest BCUT2D eigenvalue weighted by Crippen LogP contribution is 2.25. The molecule has 4 nitrogen and oxygen atoms in total. The van der Waals surface area contributed by atoms with Crippen LogP contribution >= 0.6 is 0 Å². The predicted molar refractivity (Wildman–Crippen MR) is 104 cm³/mol. The maximum absolute atomic E-state index is 12.5. The summed E-state index contributed by atoms with van der Waals surface area (Å²) < 4.78 is 0. The summed E-state index contributed by atoms with van der Waals surface area (Å²) in [5.41, 5.74) is 7.93. The highest BCUT2D eigenvalue weighted by atomic mass is 16.2. The molecule has 1 fully saturated rings. The normalized spacial score (nSPS) is 16.4. The van der Waals surface area contributed by atoms with Crippen LogP contribution in [0.15, 0.2) is 24.3 Å². The summed E-state index contributed by atoms with van der Waals surface area (Å²) in [6.07, 6.45) is 6.94. The molecule has 1 aromatic carbocycles. The molecular weight excluding hydrogens is 310 g/mol.